The number of likely N-dealkylation sites (N-methyl/N-ethyl adjacent to an activating group) is 2. The summed E-state index contributed by atoms with van der Waals surface area (Å²) in [6.07, 6.45) is 1.88. The average Bonchev–Trinajstić information content (AvgIpc) is 3.13. The molecule has 1 aliphatic heterocycles. The fourth-order valence-electron chi connectivity index (χ4n) is 4.02. The lowest BCUT2D eigenvalue weighted by molar-refractivity contribution is 0.0586. The number of piperazine rings is 1. The van der Waals surface area contributed by atoms with Crippen molar-refractivity contribution in [3.05, 3.63) is 29.7 Å². The molecule has 3 rings (SSSR count). The largest absolute Gasteiger partial charge is 0.351 e. The fraction of sp³-hybridized carbons (Fsp3) is 0.667. The maximum Gasteiger partial charge on any atom is 0.252 e. The summed E-state index contributed by atoms with van der Waals surface area (Å²) in [6.45, 7) is 15.1. The molecule has 1 aliphatic rings. The molecule has 1 unspecified atom stereocenters. The predicted octanol–water partition coefficient (Wildman–Crippen LogP) is 1.50. The third kappa shape index (κ3) is 4.94. The SMILES string of the molecule is CCN(CC)CCNC(=O)c1ccc2nnc(C3CN(C)CCN3C(C)C)n2c1. The van der Waals surface area contributed by atoms with Crippen LogP contribution < -0.4 is 5.32 Å². The van der Waals surface area contributed by atoms with Gasteiger partial charge in [0.1, 0.15) is 0 Å². The second-order valence-corrected chi connectivity index (χ2v) is 8.10. The van der Waals surface area contributed by atoms with E-state index in [1.54, 1.807) is 0 Å². The van der Waals surface area contributed by atoms with Crippen molar-refractivity contribution >= 4 is 11.6 Å². The number of rotatable bonds is 8. The van der Waals surface area contributed by atoms with Gasteiger partial charge in [0, 0.05) is 45.0 Å². The van der Waals surface area contributed by atoms with Crippen molar-refractivity contribution in [2.45, 2.75) is 39.8 Å². The molecule has 0 saturated carbocycles. The minimum atomic E-state index is -0.0554. The van der Waals surface area contributed by atoms with E-state index in [0.29, 0.717) is 18.2 Å². The monoisotopic (exact) mass is 401 g/mol. The molecule has 1 fully saturated rings. The molecule has 0 aromatic carbocycles. The van der Waals surface area contributed by atoms with Gasteiger partial charge in [-0.25, -0.2) is 0 Å². The molecule has 0 aliphatic carbocycles. The average molecular weight is 402 g/mol. The highest BCUT2D eigenvalue weighted by Gasteiger charge is 2.31. The number of nitrogens with one attached hydrogen (secondary N) is 1. The van der Waals surface area contributed by atoms with Crippen LogP contribution in [0.1, 0.15) is 49.9 Å². The van der Waals surface area contributed by atoms with Crippen molar-refractivity contribution in [3.8, 4) is 0 Å². The normalized spacial score (nSPS) is 18.8. The van der Waals surface area contributed by atoms with Crippen LogP contribution in [-0.4, -0.2) is 94.1 Å². The molecule has 0 bridgehead atoms. The number of carbonyl (C=O) groups excluding carboxylic acids is 1. The summed E-state index contributed by atoms with van der Waals surface area (Å²) >= 11 is 0. The molecule has 2 aromatic rings. The maximum atomic E-state index is 12.7. The summed E-state index contributed by atoms with van der Waals surface area (Å²) in [5.41, 5.74) is 1.41. The molecule has 3 heterocycles. The van der Waals surface area contributed by atoms with Crippen molar-refractivity contribution in [1.82, 2.24) is 34.6 Å². The number of fused-ring (bicyclic) bond motifs is 1. The van der Waals surface area contributed by atoms with E-state index in [4.69, 9.17) is 0 Å². The van der Waals surface area contributed by atoms with E-state index in [2.05, 4.69) is 65.0 Å². The van der Waals surface area contributed by atoms with Gasteiger partial charge in [0.2, 0.25) is 0 Å². The second kappa shape index (κ2) is 9.65. The zero-order valence-corrected chi connectivity index (χ0v) is 18.4. The van der Waals surface area contributed by atoms with Crippen LogP contribution in [0.4, 0.5) is 0 Å². The number of hydrogen-bond acceptors (Lipinski definition) is 6. The predicted molar refractivity (Wildman–Crippen MR) is 115 cm³/mol. The minimum Gasteiger partial charge on any atom is -0.351 e. The Balaban J connectivity index is 1.80. The third-order valence-corrected chi connectivity index (χ3v) is 5.89. The second-order valence-electron chi connectivity index (χ2n) is 8.10. The van der Waals surface area contributed by atoms with Crippen molar-refractivity contribution in [2.24, 2.45) is 0 Å². The lowest BCUT2D eigenvalue weighted by Crippen LogP contribution is -2.50. The highest BCUT2D eigenvalue weighted by Crippen LogP contribution is 2.26. The summed E-state index contributed by atoms with van der Waals surface area (Å²) in [7, 11) is 2.14. The van der Waals surface area contributed by atoms with Gasteiger partial charge in [-0.3, -0.25) is 14.1 Å². The lowest BCUT2D eigenvalue weighted by Gasteiger charge is -2.41. The molecule has 1 atom stereocenters. The van der Waals surface area contributed by atoms with Crippen molar-refractivity contribution in [3.63, 3.8) is 0 Å². The molecule has 8 heteroatoms. The first-order chi connectivity index (χ1) is 13.9. The highest BCUT2D eigenvalue weighted by molar-refractivity contribution is 5.94. The van der Waals surface area contributed by atoms with Crippen LogP contribution in [0.3, 0.4) is 0 Å². The molecular formula is C21H35N7O. The molecule has 1 saturated heterocycles. The van der Waals surface area contributed by atoms with Crippen molar-refractivity contribution in [1.29, 1.82) is 0 Å². The topological polar surface area (TPSA) is 69.0 Å². The number of nitrogens with zero attached hydrogens (tertiary/aromatic N) is 6. The van der Waals surface area contributed by atoms with Crippen LogP contribution in [-0.2, 0) is 0 Å². The number of aromatic nitrogens is 3. The van der Waals surface area contributed by atoms with Crippen LogP contribution in [0.25, 0.3) is 5.65 Å². The van der Waals surface area contributed by atoms with Crippen LogP contribution in [0.2, 0.25) is 0 Å². The fourth-order valence-corrected chi connectivity index (χ4v) is 4.02. The highest BCUT2D eigenvalue weighted by atomic mass is 16.1. The van der Waals surface area contributed by atoms with Crippen LogP contribution >= 0.6 is 0 Å². The molecule has 1 N–H and O–H groups in total. The first kappa shape index (κ1) is 21.7. The summed E-state index contributed by atoms with van der Waals surface area (Å²) in [4.78, 5) is 19.8. The summed E-state index contributed by atoms with van der Waals surface area (Å²) in [6, 6.07) is 4.29. The number of carbonyl (C=O) groups is 1. The molecule has 2 aromatic heterocycles. The Bertz CT molecular complexity index is 814. The smallest absolute Gasteiger partial charge is 0.252 e. The van der Waals surface area contributed by atoms with Gasteiger partial charge in [-0.05, 0) is 46.1 Å². The Morgan fingerprint density at radius 3 is 2.69 bits per heavy atom. The zero-order chi connectivity index (χ0) is 21.0. The maximum absolute atomic E-state index is 12.7. The molecule has 0 spiro atoms. The van der Waals surface area contributed by atoms with Gasteiger partial charge in [0.15, 0.2) is 11.5 Å². The van der Waals surface area contributed by atoms with Gasteiger partial charge in [-0.2, -0.15) is 0 Å². The molecule has 29 heavy (non-hydrogen) atoms. The molecular weight excluding hydrogens is 366 g/mol. The third-order valence-electron chi connectivity index (χ3n) is 5.89. The van der Waals surface area contributed by atoms with E-state index in [9.17, 15) is 4.79 Å². The summed E-state index contributed by atoms with van der Waals surface area (Å²) in [5, 5.41) is 11.9. The Hall–Kier alpha value is -2.03. The van der Waals surface area contributed by atoms with E-state index in [0.717, 1.165) is 50.7 Å². The van der Waals surface area contributed by atoms with Gasteiger partial charge in [-0.1, -0.05) is 13.8 Å². The number of hydrogen-bond donors (Lipinski definition) is 1. The van der Waals surface area contributed by atoms with E-state index < -0.39 is 0 Å². The Morgan fingerprint density at radius 2 is 2.00 bits per heavy atom. The molecule has 160 valence electrons. The summed E-state index contributed by atoms with van der Waals surface area (Å²) in [5.74, 6) is 0.846. The Labute approximate surface area is 173 Å². The molecule has 1 amide bonds. The van der Waals surface area contributed by atoms with Gasteiger partial charge in [-0.15, -0.1) is 10.2 Å². The van der Waals surface area contributed by atoms with E-state index in [1.807, 2.05) is 22.7 Å². The Morgan fingerprint density at radius 1 is 1.24 bits per heavy atom. The standard InChI is InChI=1S/C21H35N7O/c1-6-26(7-2)11-10-22-21(29)17-8-9-19-23-24-20(28(19)14-17)18-15-25(5)12-13-27(18)16(3)4/h8-9,14,16,18H,6-7,10-13,15H2,1-5H3,(H,22,29). The van der Waals surface area contributed by atoms with Crippen LogP contribution in [0.15, 0.2) is 18.3 Å². The van der Waals surface area contributed by atoms with Gasteiger partial charge < -0.3 is 15.1 Å². The quantitative estimate of drug-likeness (QED) is 0.723. The zero-order valence-electron chi connectivity index (χ0n) is 18.4. The van der Waals surface area contributed by atoms with Gasteiger partial charge >= 0.3 is 0 Å². The Kier molecular flexibility index (Phi) is 7.21. The number of pyridine rings is 1. The van der Waals surface area contributed by atoms with E-state index in [-0.39, 0.29) is 11.9 Å². The number of amides is 1. The summed E-state index contributed by atoms with van der Waals surface area (Å²) < 4.78 is 1.98. The van der Waals surface area contributed by atoms with Crippen molar-refractivity contribution < 1.29 is 4.79 Å². The van der Waals surface area contributed by atoms with Crippen LogP contribution in [0.5, 0.6) is 0 Å². The van der Waals surface area contributed by atoms with E-state index in [1.165, 1.54) is 0 Å². The molecule has 8 nitrogen and oxygen atoms in total. The molecule has 0 radical (unpaired) electrons. The van der Waals surface area contributed by atoms with Gasteiger partial charge in [0.25, 0.3) is 5.91 Å². The lowest BCUT2D eigenvalue weighted by atomic mass is 10.1. The van der Waals surface area contributed by atoms with Gasteiger partial charge in [0.05, 0.1) is 11.6 Å². The minimum absolute atomic E-state index is 0.0554. The first-order valence-electron chi connectivity index (χ1n) is 10.7. The van der Waals surface area contributed by atoms with Crippen molar-refractivity contribution in [2.75, 3.05) is 52.9 Å². The van der Waals surface area contributed by atoms with E-state index >= 15 is 0 Å². The first-order valence-corrected chi connectivity index (χ1v) is 10.7. The van der Waals surface area contributed by atoms with Crippen LogP contribution in [0, 0.1) is 0 Å².